The molecule has 0 saturated carbocycles. The molecule has 36 heavy (non-hydrogen) atoms. The Labute approximate surface area is 213 Å². The zero-order valence-corrected chi connectivity index (χ0v) is 20.9. The normalized spacial score (nSPS) is 17.5. The number of allylic oxidation sites excluding steroid dienone is 4. The summed E-state index contributed by atoms with van der Waals surface area (Å²) in [5, 5.41) is 19.9. The van der Waals surface area contributed by atoms with Gasteiger partial charge in [-0.15, -0.1) is 0 Å². The minimum Gasteiger partial charge on any atom is -0.495 e. The molecule has 0 radical (unpaired) electrons. The summed E-state index contributed by atoms with van der Waals surface area (Å²) in [6, 6.07) is 13.8. The van der Waals surface area contributed by atoms with Gasteiger partial charge >= 0.3 is 0 Å². The smallest absolute Gasteiger partial charge is 0.264 e. The highest BCUT2D eigenvalue weighted by Crippen LogP contribution is 2.29. The number of hydrogen-bond donors (Lipinski definition) is 3. The molecule has 0 spiro atoms. The maximum absolute atomic E-state index is 13.0. The highest BCUT2D eigenvalue weighted by atomic mass is 35.5. The average Bonchev–Trinajstić information content (AvgIpc) is 2.90. The van der Waals surface area contributed by atoms with Crippen molar-refractivity contribution in [2.75, 3.05) is 42.9 Å². The first-order valence-corrected chi connectivity index (χ1v) is 12.8. The predicted molar refractivity (Wildman–Crippen MR) is 139 cm³/mol. The van der Waals surface area contributed by atoms with Gasteiger partial charge in [-0.05, 0) is 48.6 Å². The third kappa shape index (κ3) is 5.07. The molecule has 188 valence electrons. The van der Waals surface area contributed by atoms with Crippen molar-refractivity contribution in [3.8, 4) is 5.75 Å². The second kappa shape index (κ2) is 10.4. The van der Waals surface area contributed by atoms with E-state index in [1.54, 1.807) is 24.1 Å². The lowest BCUT2D eigenvalue weighted by atomic mass is 10.1. The van der Waals surface area contributed by atoms with E-state index in [4.69, 9.17) is 21.7 Å². The third-order valence-corrected chi connectivity index (χ3v) is 7.58. The monoisotopic (exact) mass is 529 g/mol. The van der Waals surface area contributed by atoms with Crippen molar-refractivity contribution in [3.05, 3.63) is 76.2 Å². The number of nitrogens with one attached hydrogen (secondary N) is 2. The molecule has 0 unspecified atom stereocenters. The number of rotatable bonds is 6. The number of anilines is 2. The maximum atomic E-state index is 13.0. The summed E-state index contributed by atoms with van der Waals surface area (Å²) in [5.74, 6) is 0.634. The summed E-state index contributed by atoms with van der Waals surface area (Å²) < 4.78 is 33.4. The number of nitrogens with zero attached hydrogens (tertiary/aromatic N) is 3. The van der Waals surface area contributed by atoms with E-state index >= 15 is 0 Å². The fraction of sp³-hybridized carbons (Fsp3) is 0.208. The molecule has 12 heteroatoms. The van der Waals surface area contributed by atoms with Crippen molar-refractivity contribution in [1.82, 2.24) is 4.90 Å². The SMILES string of the molecule is COc1ccccc1N1CCN(C(=O)c2ccc(NS(=O)(=O)C3=CC=C(Cl)C(=N)/C3=N\O)cc2)CC1. The summed E-state index contributed by atoms with van der Waals surface area (Å²) in [4.78, 5) is 16.5. The first-order chi connectivity index (χ1) is 17.2. The molecule has 4 rings (SSSR count). The van der Waals surface area contributed by atoms with Gasteiger partial charge in [-0.2, -0.15) is 0 Å². The Kier molecular flexibility index (Phi) is 7.32. The molecule has 10 nitrogen and oxygen atoms in total. The van der Waals surface area contributed by atoms with Gasteiger partial charge in [0.2, 0.25) is 0 Å². The second-order valence-corrected chi connectivity index (χ2v) is 10.1. The number of piperazine rings is 1. The molecule has 2 aromatic carbocycles. The number of halogens is 1. The molecule has 0 bridgehead atoms. The van der Waals surface area contributed by atoms with Gasteiger partial charge in [-0.3, -0.25) is 14.9 Å². The highest BCUT2D eigenvalue weighted by Gasteiger charge is 2.30. The van der Waals surface area contributed by atoms with Crippen LogP contribution in [0.15, 0.2) is 75.8 Å². The van der Waals surface area contributed by atoms with Gasteiger partial charge in [0, 0.05) is 37.4 Å². The number of methoxy groups -OCH3 is 1. The van der Waals surface area contributed by atoms with Crippen LogP contribution in [0.2, 0.25) is 0 Å². The van der Waals surface area contributed by atoms with Crippen LogP contribution in [0, 0.1) is 5.41 Å². The lowest BCUT2D eigenvalue weighted by Crippen LogP contribution is -2.48. The van der Waals surface area contributed by atoms with E-state index in [9.17, 15) is 18.4 Å². The number of sulfonamides is 1. The van der Waals surface area contributed by atoms with Crippen molar-refractivity contribution < 1.29 is 23.2 Å². The van der Waals surface area contributed by atoms with Crippen LogP contribution in [0.5, 0.6) is 5.75 Å². The molecule has 1 aliphatic heterocycles. The highest BCUT2D eigenvalue weighted by molar-refractivity contribution is 7.97. The van der Waals surface area contributed by atoms with E-state index < -0.39 is 26.4 Å². The van der Waals surface area contributed by atoms with Gasteiger partial charge in [0.25, 0.3) is 15.9 Å². The number of benzene rings is 2. The standard InChI is InChI=1S/C24H24ClN5O5S/c1-35-20-5-3-2-4-19(20)29-12-14-30(15-13-29)24(31)16-6-8-17(9-7-16)28-36(33,34)21-11-10-18(25)22(26)23(21)27-32/h2-11,26,28,32H,12-15H2,1H3/b26-22?,27-23-. The number of carbonyl (C=O) groups is 1. The number of ether oxygens (including phenoxy) is 1. The fourth-order valence-electron chi connectivity index (χ4n) is 3.98. The van der Waals surface area contributed by atoms with Crippen LogP contribution >= 0.6 is 11.6 Å². The second-order valence-electron chi connectivity index (χ2n) is 8.00. The van der Waals surface area contributed by atoms with Crippen LogP contribution < -0.4 is 14.4 Å². The maximum Gasteiger partial charge on any atom is 0.264 e. The Hall–Kier alpha value is -3.83. The summed E-state index contributed by atoms with van der Waals surface area (Å²) in [6.07, 6.45) is 2.39. The Morgan fingerprint density at radius 1 is 1.08 bits per heavy atom. The predicted octanol–water partition coefficient (Wildman–Crippen LogP) is 3.27. The molecule has 0 atom stereocenters. The third-order valence-electron chi connectivity index (χ3n) is 5.86. The van der Waals surface area contributed by atoms with Gasteiger partial charge in [-0.25, -0.2) is 8.42 Å². The van der Waals surface area contributed by atoms with Gasteiger partial charge in [0.1, 0.15) is 22.1 Å². The summed E-state index contributed by atoms with van der Waals surface area (Å²) in [6.45, 7) is 2.37. The quantitative estimate of drug-likeness (QED) is 0.298. The Morgan fingerprint density at radius 2 is 1.75 bits per heavy atom. The zero-order valence-electron chi connectivity index (χ0n) is 19.3. The Bertz CT molecular complexity index is 1380. The molecular formula is C24H24ClN5O5S. The van der Waals surface area contributed by atoms with Crippen molar-refractivity contribution in [3.63, 3.8) is 0 Å². The van der Waals surface area contributed by atoms with Crippen LogP contribution in [-0.2, 0) is 10.0 Å². The van der Waals surface area contributed by atoms with Gasteiger partial charge in [0.05, 0.1) is 17.8 Å². The van der Waals surface area contributed by atoms with Crippen molar-refractivity contribution in [2.45, 2.75) is 0 Å². The fourth-order valence-corrected chi connectivity index (χ4v) is 5.33. The lowest BCUT2D eigenvalue weighted by molar-refractivity contribution is 0.0746. The van der Waals surface area contributed by atoms with Gasteiger partial charge < -0.3 is 19.7 Å². The van der Waals surface area contributed by atoms with E-state index in [0.29, 0.717) is 31.7 Å². The van der Waals surface area contributed by atoms with Gasteiger partial charge in [0.15, 0.2) is 0 Å². The minimum atomic E-state index is -4.18. The van der Waals surface area contributed by atoms with E-state index in [-0.39, 0.29) is 16.6 Å². The number of amides is 1. The number of oxime groups is 1. The van der Waals surface area contributed by atoms with Crippen LogP contribution in [0.1, 0.15) is 10.4 Å². The van der Waals surface area contributed by atoms with E-state index in [2.05, 4.69) is 14.8 Å². The molecule has 2 aliphatic rings. The zero-order chi connectivity index (χ0) is 25.9. The number of hydrogen-bond acceptors (Lipinski definition) is 8. The van der Waals surface area contributed by atoms with E-state index in [1.807, 2.05) is 24.3 Å². The Morgan fingerprint density at radius 3 is 2.39 bits per heavy atom. The molecule has 1 amide bonds. The average molecular weight is 530 g/mol. The first kappa shape index (κ1) is 25.3. The summed E-state index contributed by atoms with van der Waals surface area (Å²) in [7, 11) is -2.55. The van der Waals surface area contributed by atoms with Crippen LogP contribution in [0.25, 0.3) is 0 Å². The molecular weight excluding hydrogens is 506 g/mol. The van der Waals surface area contributed by atoms with Crippen molar-refractivity contribution in [1.29, 1.82) is 5.41 Å². The van der Waals surface area contributed by atoms with Crippen molar-refractivity contribution >= 4 is 50.3 Å². The van der Waals surface area contributed by atoms with Crippen LogP contribution in [0.4, 0.5) is 11.4 Å². The number of para-hydroxylation sites is 2. The molecule has 2 aromatic rings. The van der Waals surface area contributed by atoms with Crippen molar-refractivity contribution in [2.24, 2.45) is 5.16 Å². The van der Waals surface area contributed by atoms with E-state index in [0.717, 1.165) is 17.5 Å². The molecule has 1 heterocycles. The summed E-state index contributed by atoms with van der Waals surface area (Å²) >= 11 is 5.82. The van der Waals surface area contributed by atoms with E-state index in [1.165, 1.54) is 18.2 Å². The topological polar surface area (TPSA) is 135 Å². The molecule has 3 N–H and O–H groups in total. The molecule has 1 fully saturated rings. The molecule has 1 saturated heterocycles. The first-order valence-electron chi connectivity index (χ1n) is 10.9. The Balaban J connectivity index is 1.41. The largest absolute Gasteiger partial charge is 0.495 e. The van der Waals surface area contributed by atoms with Crippen LogP contribution in [0.3, 0.4) is 0 Å². The molecule has 0 aromatic heterocycles. The van der Waals surface area contributed by atoms with Gasteiger partial charge in [-0.1, -0.05) is 28.9 Å². The lowest BCUT2D eigenvalue weighted by Gasteiger charge is -2.36. The molecule has 1 aliphatic carbocycles. The van der Waals surface area contributed by atoms with Crippen LogP contribution in [-0.4, -0.2) is 69.1 Å². The number of carbonyl (C=O) groups excluding carboxylic acids is 1. The summed E-state index contributed by atoms with van der Waals surface area (Å²) in [5.41, 5.74) is 0.745. The minimum absolute atomic E-state index is 0.0478.